The van der Waals surface area contributed by atoms with Crippen molar-refractivity contribution in [3.63, 3.8) is 0 Å². The largest absolute Gasteiger partial charge is 0.326 e. The first-order valence-electron chi connectivity index (χ1n) is 6.95. The van der Waals surface area contributed by atoms with Gasteiger partial charge in [0.25, 0.3) is 0 Å². The average Bonchev–Trinajstić information content (AvgIpc) is 2.37. The SMILES string of the molecule is CC(C)C[C@H](N)C(=O)Nc1ccc2c(c1)NC(=O)CC2. The van der Waals surface area contributed by atoms with Crippen LogP contribution in [0.2, 0.25) is 0 Å². The fraction of sp³-hybridized carbons (Fsp3) is 0.467. The topological polar surface area (TPSA) is 84.2 Å². The Morgan fingerprint density at radius 2 is 2.15 bits per heavy atom. The molecule has 1 aromatic carbocycles. The Morgan fingerprint density at radius 1 is 1.40 bits per heavy atom. The summed E-state index contributed by atoms with van der Waals surface area (Å²) in [5.41, 5.74) is 8.37. The molecular formula is C15H21N3O2. The molecule has 0 radical (unpaired) electrons. The fourth-order valence-electron chi connectivity index (χ4n) is 2.30. The number of hydrogen-bond donors (Lipinski definition) is 3. The summed E-state index contributed by atoms with van der Waals surface area (Å²) in [5.74, 6) is 0.192. The molecule has 0 saturated heterocycles. The van der Waals surface area contributed by atoms with Crippen LogP contribution >= 0.6 is 0 Å². The van der Waals surface area contributed by atoms with E-state index in [1.165, 1.54) is 0 Å². The molecule has 1 atom stereocenters. The van der Waals surface area contributed by atoms with Crippen LogP contribution in [0.5, 0.6) is 0 Å². The quantitative estimate of drug-likeness (QED) is 0.784. The third-order valence-electron chi connectivity index (χ3n) is 3.34. The zero-order valence-electron chi connectivity index (χ0n) is 11.9. The molecule has 5 heteroatoms. The van der Waals surface area contributed by atoms with Crippen molar-refractivity contribution in [2.45, 2.75) is 39.2 Å². The van der Waals surface area contributed by atoms with Gasteiger partial charge in [-0.1, -0.05) is 19.9 Å². The standard InChI is InChI=1S/C15H21N3O2/c1-9(2)7-12(16)15(20)17-11-5-3-10-4-6-14(19)18-13(10)8-11/h3,5,8-9,12H,4,6-7,16H2,1-2H3,(H,17,20)(H,18,19)/t12-/m0/s1. The predicted molar refractivity (Wildman–Crippen MR) is 79.5 cm³/mol. The molecule has 0 bridgehead atoms. The van der Waals surface area contributed by atoms with Crippen molar-refractivity contribution in [1.29, 1.82) is 0 Å². The van der Waals surface area contributed by atoms with Crippen LogP contribution in [-0.2, 0) is 16.0 Å². The summed E-state index contributed by atoms with van der Waals surface area (Å²) in [6.45, 7) is 4.06. The highest BCUT2D eigenvalue weighted by Crippen LogP contribution is 2.26. The molecule has 0 aromatic heterocycles. The van der Waals surface area contributed by atoms with Crippen molar-refractivity contribution in [3.05, 3.63) is 23.8 Å². The van der Waals surface area contributed by atoms with Crippen LogP contribution in [0.1, 0.15) is 32.3 Å². The lowest BCUT2D eigenvalue weighted by atomic mass is 10.0. The van der Waals surface area contributed by atoms with Gasteiger partial charge in [-0.05, 0) is 36.5 Å². The number of aryl methyl sites for hydroxylation is 1. The lowest BCUT2D eigenvalue weighted by molar-refractivity contribution is -0.118. The number of fused-ring (bicyclic) bond motifs is 1. The normalized spacial score (nSPS) is 15.5. The van der Waals surface area contributed by atoms with Crippen LogP contribution < -0.4 is 16.4 Å². The van der Waals surface area contributed by atoms with Gasteiger partial charge in [0.1, 0.15) is 0 Å². The minimum absolute atomic E-state index is 0.0116. The summed E-state index contributed by atoms with van der Waals surface area (Å²) in [6, 6.07) is 5.04. The highest BCUT2D eigenvalue weighted by Gasteiger charge is 2.17. The molecular weight excluding hydrogens is 254 g/mol. The van der Waals surface area contributed by atoms with Gasteiger partial charge in [0.2, 0.25) is 11.8 Å². The molecule has 0 saturated carbocycles. The zero-order valence-corrected chi connectivity index (χ0v) is 11.9. The lowest BCUT2D eigenvalue weighted by Gasteiger charge is -2.19. The number of amides is 2. The second-order valence-corrected chi connectivity index (χ2v) is 5.65. The summed E-state index contributed by atoms with van der Waals surface area (Å²) in [7, 11) is 0. The van der Waals surface area contributed by atoms with Crippen LogP contribution in [-0.4, -0.2) is 17.9 Å². The molecule has 1 heterocycles. The minimum atomic E-state index is -0.513. The van der Waals surface area contributed by atoms with Gasteiger partial charge in [0, 0.05) is 17.8 Å². The molecule has 2 rings (SSSR count). The summed E-state index contributed by atoms with van der Waals surface area (Å²) < 4.78 is 0. The number of nitrogens with two attached hydrogens (primary N) is 1. The maximum absolute atomic E-state index is 12.0. The average molecular weight is 275 g/mol. The van der Waals surface area contributed by atoms with Gasteiger partial charge in [-0.15, -0.1) is 0 Å². The highest BCUT2D eigenvalue weighted by molar-refractivity contribution is 5.97. The van der Waals surface area contributed by atoms with E-state index < -0.39 is 6.04 Å². The van der Waals surface area contributed by atoms with E-state index >= 15 is 0 Å². The molecule has 0 unspecified atom stereocenters. The first-order valence-corrected chi connectivity index (χ1v) is 6.95. The molecule has 5 nitrogen and oxygen atoms in total. The van der Waals surface area contributed by atoms with Crippen molar-refractivity contribution in [1.82, 2.24) is 0 Å². The Bertz CT molecular complexity index is 526. The van der Waals surface area contributed by atoms with Crippen molar-refractivity contribution >= 4 is 23.2 Å². The number of benzene rings is 1. The van der Waals surface area contributed by atoms with E-state index in [2.05, 4.69) is 10.6 Å². The number of carbonyl (C=O) groups excluding carboxylic acids is 2. The molecule has 1 aliphatic rings. The van der Waals surface area contributed by atoms with Crippen molar-refractivity contribution in [2.24, 2.45) is 11.7 Å². The van der Waals surface area contributed by atoms with E-state index in [0.717, 1.165) is 17.7 Å². The molecule has 2 amide bonds. The Morgan fingerprint density at radius 3 is 2.85 bits per heavy atom. The van der Waals surface area contributed by atoms with E-state index in [-0.39, 0.29) is 11.8 Å². The number of rotatable bonds is 4. The van der Waals surface area contributed by atoms with Gasteiger partial charge in [-0.25, -0.2) is 0 Å². The Hall–Kier alpha value is -1.88. The molecule has 1 aliphatic heterocycles. The summed E-state index contributed by atoms with van der Waals surface area (Å²) in [4.78, 5) is 23.3. The maximum Gasteiger partial charge on any atom is 0.241 e. The molecule has 0 fully saturated rings. The third-order valence-corrected chi connectivity index (χ3v) is 3.34. The number of anilines is 2. The molecule has 0 aliphatic carbocycles. The summed E-state index contributed by atoms with van der Waals surface area (Å²) >= 11 is 0. The lowest BCUT2D eigenvalue weighted by Crippen LogP contribution is -2.36. The first kappa shape index (κ1) is 14.5. The van der Waals surface area contributed by atoms with E-state index in [1.807, 2.05) is 26.0 Å². The van der Waals surface area contributed by atoms with Crippen LogP contribution in [0.15, 0.2) is 18.2 Å². The van der Waals surface area contributed by atoms with Gasteiger partial charge >= 0.3 is 0 Å². The van der Waals surface area contributed by atoms with Gasteiger partial charge in [-0.2, -0.15) is 0 Å². The van der Waals surface area contributed by atoms with Crippen molar-refractivity contribution in [3.8, 4) is 0 Å². The van der Waals surface area contributed by atoms with Crippen LogP contribution in [0.4, 0.5) is 11.4 Å². The summed E-state index contributed by atoms with van der Waals surface area (Å²) in [5, 5.41) is 5.61. The second kappa shape index (κ2) is 6.05. The van der Waals surface area contributed by atoms with E-state index in [1.54, 1.807) is 6.07 Å². The fourth-order valence-corrected chi connectivity index (χ4v) is 2.30. The van der Waals surface area contributed by atoms with Gasteiger partial charge in [-0.3, -0.25) is 9.59 Å². The van der Waals surface area contributed by atoms with Crippen molar-refractivity contribution < 1.29 is 9.59 Å². The maximum atomic E-state index is 12.0. The molecule has 0 spiro atoms. The molecule has 1 aromatic rings. The smallest absolute Gasteiger partial charge is 0.241 e. The third kappa shape index (κ3) is 3.57. The Labute approximate surface area is 118 Å². The van der Waals surface area contributed by atoms with Crippen LogP contribution in [0.25, 0.3) is 0 Å². The van der Waals surface area contributed by atoms with Crippen LogP contribution in [0.3, 0.4) is 0 Å². The van der Waals surface area contributed by atoms with Gasteiger partial charge < -0.3 is 16.4 Å². The highest BCUT2D eigenvalue weighted by atomic mass is 16.2. The predicted octanol–water partition coefficient (Wildman–Crippen LogP) is 1.88. The number of hydrogen-bond acceptors (Lipinski definition) is 3. The molecule has 20 heavy (non-hydrogen) atoms. The monoisotopic (exact) mass is 275 g/mol. The minimum Gasteiger partial charge on any atom is -0.326 e. The van der Waals surface area contributed by atoms with Gasteiger partial charge in [0.15, 0.2) is 0 Å². The van der Waals surface area contributed by atoms with Gasteiger partial charge in [0.05, 0.1) is 6.04 Å². The summed E-state index contributed by atoms with van der Waals surface area (Å²) in [6.07, 6.45) is 1.90. The van der Waals surface area contributed by atoms with E-state index in [4.69, 9.17) is 5.73 Å². The zero-order chi connectivity index (χ0) is 14.7. The van der Waals surface area contributed by atoms with E-state index in [0.29, 0.717) is 24.4 Å². The van der Waals surface area contributed by atoms with Crippen LogP contribution in [0, 0.1) is 5.92 Å². The second-order valence-electron chi connectivity index (χ2n) is 5.65. The Kier molecular flexibility index (Phi) is 4.39. The molecule has 108 valence electrons. The first-order chi connectivity index (χ1) is 9.45. The van der Waals surface area contributed by atoms with E-state index in [9.17, 15) is 9.59 Å². The Balaban J connectivity index is 2.05. The van der Waals surface area contributed by atoms with Crippen molar-refractivity contribution in [2.75, 3.05) is 10.6 Å². The molecule has 4 N–H and O–H groups in total. The number of carbonyl (C=O) groups is 2. The number of nitrogens with one attached hydrogen (secondary N) is 2.